The number of thiazole rings is 1. The molecule has 0 radical (unpaired) electrons. The molecule has 10 heteroatoms. The van der Waals surface area contributed by atoms with Gasteiger partial charge in [0, 0.05) is 18.7 Å². The van der Waals surface area contributed by atoms with E-state index in [1.165, 1.54) is 39.9 Å². The summed E-state index contributed by atoms with van der Waals surface area (Å²) >= 11 is 1.33. The number of carbonyl (C=O) groups excluding carboxylic acids is 2. The molecule has 0 saturated carbocycles. The Labute approximate surface area is 229 Å². The second kappa shape index (κ2) is 12.4. The number of hydrogen-bond donors (Lipinski definition) is 0. The van der Waals surface area contributed by atoms with Crippen LogP contribution in [0, 0.1) is 25.7 Å². The van der Waals surface area contributed by atoms with Crippen LogP contribution in [0.2, 0.25) is 0 Å². The molecule has 0 spiro atoms. The Hall–Kier alpha value is -2.82. The van der Waals surface area contributed by atoms with Gasteiger partial charge < -0.3 is 9.30 Å². The van der Waals surface area contributed by atoms with Crippen molar-refractivity contribution in [2.24, 2.45) is 16.8 Å². The quantitative estimate of drug-likeness (QED) is 0.328. The molecule has 1 heterocycles. The third-order valence-corrected chi connectivity index (χ3v) is 8.86. The van der Waals surface area contributed by atoms with Gasteiger partial charge in [-0.2, -0.15) is 9.30 Å². The summed E-state index contributed by atoms with van der Waals surface area (Å²) in [6.07, 6.45) is 0. The Balaban J connectivity index is 2.00. The van der Waals surface area contributed by atoms with Gasteiger partial charge in [0.05, 0.1) is 21.7 Å². The summed E-state index contributed by atoms with van der Waals surface area (Å²) in [6.45, 7) is 14.7. The average molecular weight is 560 g/mol. The van der Waals surface area contributed by atoms with Gasteiger partial charge in [-0.05, 0) is 74.1 Å². The number of nitrogens with zero attached hydrogens (tertiary/aromatic N) is 3. The fourth-order valence-electron chi connectivity index (χ4n) is 4.24. The highest BCUT2D eigenvalue weighted by molar-refractivity contribution is 7.89. The van der Waals surface area contributed by atoms with Crippen LogP contribution < -0.4 is 4.80 Å². The van der Waals surface area contributed by atoms with Crippen LogP contribution in [0.3, 0.4) is 0 Å². The van der Waals surface area contributed by atoms with Gasteiger partial charge >= 0.3 is 5.97 Å². The fraction of sp³-hybridized carbons (Fsp3) is 0.464. The van der Waals surface area contributed by atoms with E-state index in [0.29, 0.717) is 17.9 Å². The summed E-state index contributed by atoms with van der Waals surface area (Å²) < 4.78 is 35.9. The van der Waals surface area contributed by atoms with Crippen molar-refractivity contribution in [3.05, 3.63) is 57.9 Å². The van der Waals surface area contributed by atoms with Crippen molar-refractivity contribution in [1.29, 1.82) is 0 Å². The lowest BCUT2D eigenvalue weighted by molar-refractivity contribution is -0.143. The van der Waals surface area contributed by atoms with Crippen LogP contribution in [0.15, 0.2) is 46.3 Å². The summed E-state index contributed by atoms with van der Waals surface area (Å²) in [7, 11) is -3.71. The first kappa shape index (κ1) is 29.7. The van der Waals surface area contributed by atoms with Gasteiger partial charge in [0.25, 0.3) is 5.91 Å². The monoisotopic (exact) mass is 559 g/mol. The average Bonchev–Trinajstić information content (AvgIpc) is 3.15. The van der Waals surface area contributed by atoms with Crippen molar-refractivity contribution in [2.45, 2.75) is 59.9 Å². The number of benzene rings is 2. The van der Waals surface area contributed by atoms with E-state index in [0.717, 1.165) is 21.3 Å². The third kappa shape index (κ3) is 6.98. The van der Waals surface area contributed by atoms with Gasteiger partial charge in [-0.25, -0.2) is 8.42 Å². The van der Waals surface area contributed by atoms with Crippen molar-refractivity contribution < 1.29 is 22.7 Å². The number of sulfonamides is 1. The van der Waals surface area contributed by atoms with Crippen molar-refractivity contribution in [1.82, 2.24) is 8.87 Å². The zero-order valence-electron chi connectivity index (χ0n) is 23.1. The van der Waals surface area contributed by atoms with Crippen molar-refractivity contribution in [3.8, 4) is 0 Å². The number of aryl methyl sites for hydroxylation is 2. The van der Waals surface area contributed by atoms with Crippen LogP contribution in [0.4, 0.5) is 0 Å². The highest BCUT2D eigenvalue weighted by atomic mass is 32.2. The number of aromatic nitrogens is 1. The molecule has 0 fully saturated rings. The van der Waals surface area contributed by atoms with E-state index in [1.807, 2.05) is 53.7 Å². The van der Waals surface area contributed by atoms with E-state index in [2.05, 4.69) is 4.99 Å². The first-order chi connectivity index (χ1) is 17.8. The van der Waals surface area contributed by atoms with Crippen LogP contribution in [0.5, 0.6) is 0 Å². The predicted molar refractivity (Wildman–Crippen MR) is 151 cm³/mol. The number of hydrogen-bond acceptors (Lipinski definition) is 6. The van der Waals surface area contributed by atoms with E-state index in [-0.39, 0.29) is 35.4 Å². The molecule has 2 aromatic carbocycles. The number of ether oxygens (including phenoxy) is 1. The lowest BCUT2D eigenvalue weighted by Gasteiger charge is -2.25. The summed E-state index contributed by atoms with van der Waals surface area (Å²) in [4.78, 5) is 30.3. The second-order valence-electron chi connectivity index (χ2n) is 10.3. The van der Waals surface area contributed by atoms with Crippen LogP contribution in [0.25, 0.3) is 10.2 Å². The minimum Gasteiger partial charge on any atom is -0.465 e. The molecule has 0 aliphatic carbocycles. The molecular formula is C28H37N3O5S2. The smallest absolute Gasteiger partial charge is 0.326 e. The molecule has 3 rings (SSSR count). The molecule has 0 N–H and O–H groups in total. The van der Waals surface area contributed by atoms with Crippen molar-refractivity contribution in [3.63, 3.8) is 0 Å². The van der Waals surface area contributed by atoms with Gasteiger partial charge in [0.1, 0.15) is 6.54 Å². The zero-order chi connectivity index (χ0) is 28.2. The Morgan fingerprint density at radius 3 is 2.18 bits per heavy atom. The predicted octanol–water partition coefficient (Wildman–Crippen LogP) is 4.93. The maximum Gasteiger partial charge on any atom is 0.326 e. The SMILES string of the molecule is CCOC(=O)Cn1c(=NC(=O)c2ccc(S(=O)(=O)N(CC(C)C)CC(C)C)cc2)sc2c(C)cc(C)cc21. The summed E-state index contributed by atoms with van der Waals surface area (Å²) in [5.41, 5.74) is 3.13. The lowest BCUT2D eigenvalue weighted by Crippen LogP contribution is -2.37. The second-order valence-corrected chi connectivity index (χ2v) is 13.2. The highest BCUT2D eigenvalue weighted by Crippen LogP contribution is 2.24. The molecule has 0 aliphatic heterocycles. The minimum absolute atomic E-state index is 0.0679. The Morgan fingerprint density at radius 1 is 1.03 bits per heavy atom. The molecule has 8 nitrogen and oxygen atoms in total. The topological polar surface area (TPSA) is 98.0 Å². The van der Waals surface area contributed by atoms with Gasteiger partial charge in [-0.3, -0.25) is 9.59 Å². The molecular weight excluding hydrogens is 522 g/mol. The number of fused-ring (bicyclic) bond motifs is 1. The molecule has 0 saturated heterocycles. The molecule has 0 aliphatic rings. The van der Waals surface area contributed by atoms with E-state index < -0.39 is 21.9 Å². The Bertz CT molecular complexity index is 1470. The molecule has 3 aromatic rings. The summed E-state index contributed by atoms with van der Waals surface area (Å²) in [6, 6.07) is 9.88. The summed E-state index contributed by atoms with van der Waals surface area (Å²) in [5.74, 6) is -0.577. The first-order valence-corrected chi connectivity index (χ1v) is 15.0. The number of esters is 1. The van der Waals surface area contributed by atoms with E-state index in [9.17, 15) is 18.0 Å². The molecule has 1 aromatic heterocycles. The molecule has 0 bridgehead atoms. The normalized spacial score (nSPS) is 12.7. The van der Waals surface area contributed by atoms with Crippen LogP contribution in [-0.2, 0) is 26.1 Å². The molecule has 38 heavy (non-hydrogen) atoms. The Kier molecular flexibility index (Phi) is 9.67. The van der Waals surface area contributed by atoms with Gasteiger partial charge in [-0.15, -0.1) is 0 Å². The first-order valence-electron chi connectivity index (χ1n) is 12.8. The minimum atomic E-state index is -3.71. The zero-order valence-corrected chi connectivity index (χ0v) is 24.8. The summed E-state index contributed by atoms with van der Waals surface area (Å²) in [5, 5.41) is 0. The number of carbonyl (C=O) groups is 2. The van der Waals surface area contributed by atoms with Gasteiger partial charge in [-0.1, -0.05) is 45.1 Å². The number of rotatable bonds is 10. The number of amides is 1. The molecule has 0 atom stereocenters. The van der Waals surface area contributed by atoms with Crippen molar-refractivity contribution in [2.75, 3.05) is 19.7 Å². The standard InChI is InChI=1S/C28H37N3O5S2/c1-8-36-25(32)17-31-24-14-20(6)13-21(7)26(24)37-28(31)29-27(33)22-9-11-23(12-10-22)38(34,35)30(15-18(2)3)16-19(4)5/h9-14,18-19H,8,15-17H2,1-7H3. The van der Waals surface area contributed by atoms with E-state index in [1.54, 1.807) is 11.5 Å². The largest absolute Gasteiger partial charge is 0.465 e. The third-order valence-electron chi connectivity index (χ3n) is 5.78. The van der Waals surface area contributed by atoms with Gasteiger partial charge in [0.15, 0.2) is 4.80 Å². The maximum absolute atomic E-state index is 13.3. The van der Waals surface area contributed by atoms with Gasteiger partial charge in [0.2, 0.25) is 10.0 Å². The molecule has 206 valence electrons. The van der Waals surface area contributed by atoms with E-state index in [4.69, 9.17) is 4.74 Å². The fourth-order valence-corrected chi connectivity index (χ4v) is 7.09. The van der Waals surface area contributed by atoms with Crippen molar-refractivity contribution >= 4 is 43.5 Å². The Morgan fingerprint density at radius 2 is 1.63 bits per heavy atom. The maximum atomic E-state index is 13.3. The lowest BCUT2D eigenvalue weighted by atomic mass is 10.1. The molecule has 1 amide bonds. The van der Waals surface area contributed by atoms with Crippen LogP contribution >= 0.6 is 11.3 Å². The highest BCUT2D eigenvalue weighted by Gasteiger charge is 2.26. The van der Waals surface area contributed by atoms with Crippen LogP contribution in [-0.4, -0.2) is 48.9 Å². The van der Waals surface area contributed by atoms with E-state index >= 15 is 0 Å². The van der Waals surface area contributed by atoms with Crippen LogP contribution in [0.1, 0.15) is 56.1 Å². The molecule has 0 unspecified atom stereocenters.